The Morgan fingerprint density at radius 3 is 1.87 bits per heavy atom. The summed E-state index contributed by atoms with van der Waals surface area (Å²) < 4.78 is 0. The highest BCUT2D eigenvalue weighted by atomic mass is 79.9. The third kappa shape index (κ3) is 4.11. The monoisotopic (exact) mass is 334 g/mol. The van der Waals surface area contributed by atoms with Gasteiger partial charge in [-0.25, -0.2) is 0 Å². The predicted molar refractivity (Wildman–Crippen MR) is 72.9 cm³/mol. The van der Waals surface area contributed by atoms with Gasteiger partial charge in [-0.1, -0.05) is 31.9 Å². The third-order valence-corrected chi connectivity index (χ3v) is 3.43. The van der Waals surface area contributed by atoms with Gasteiger partial charge in [0.25, 0.3) is 0 Å². The Bertz CT molecular complexity index is 276. The second kappa shape index (κ2) is 7.23. The summed E-state index contributed by atoms with van der Waals surface area (Å²) in [5.41, 5.74) is 9.40. The van der Waals surface area contributed by atoms with Crippen LogP contribution in [-0.4, -0.2) is 15.6 Å². The van der Waals surface area contributed by atoms with Gasteiger partial charge in [-0.05, 0) is 36.8 Å². The number of hydrogen-bond donors (Lipinski definition) is 1. The summed E-state index contributed by atoms with van der Waals surface area (Å²) in [6.07, 6.45) is 7.99. The van der Waals surface area contributed by atoms with Crippen molar-refractivity contribution in [2.75, 3.05) is 16.4 Å². The molecule has 1 rings (SSSR count). The predicted octanol–water partition coefficient (Wildman–Crippen LogP) is 3.32. The van der Waals surface area contributed by atoms with Gasteiger partial charge in [0.15, 0.2) is 0 Å². The van der Waals surface area contributed by atoms with Crippen LogP contribution in [0.25, 0.3) is 0 Å². The average Bonchev–Trinajstić information content (AvgIpc) is 2.26. The lowest BCUT2D eigenvalue weighted by Gasteiger charge is -2.09. The lowest BCUT2D eigenvalue weighted by molar-refractivity contribution is 0.901. The van der Waals surface area contributed by atoms with Gasteiger partial charge in [-0.15, -0.1) is 0 Å². The van der Waals surface area contributed by atoms with Crippen molar-refractivity contribution in [3.8, 4) is 0 Å². The van der Waals surface area contributed by atoms with Crippen molar-refractivity contribution in [3.63, 3.8) is 0 Å². The highest BCUT2D eigenvalue weighted by Gasteiger charge is 2.05. The molecule has 0 spiro atoms. The summed E-state index contributed by atoms with van der Waals surface area (Å²) in [5.74, 6) is 0. The van der Waals surface area contributed by atoms with Crippen molar-refractivity contribution in [1.29, 1.82) is 0 Å². The summed E-state index contributed by atoms with van der Waals surface area (Å²) in [4.78, 5) is 4.24. The van der Waals surface area contributed by atoms with Gasteiger partial charge in [0.2, 0.25) is 0 Å². The van der Waals surface area contributed by atoms with E-state index in [9.17, 15) is 0 Å². The van der Waals surface area contributed by atoms with Gasteiger partial charge in [0.05, 0.1) is 0 Å². The van der Waals surface area contributed by atoms with Crippen molar-refractivity contribution in [2.45, 2.75) is 25.7 Å². The van der Waals surface area contributed by atoms with Crippen LogP contribution < -0.4 is 5.73 Å². The van der Waals surface area contributed by atoms with Crippen LogP contribution in [0.1, 0.15) is 24.0 Å². The van der Waals surface area contributed by atoms with Gasteiger partial charge < -0.3 is 5.73 Å². The minimum atomic E-state index is 0.937. The second-order valence-electron chi connectivity index (χ2n) is 3.46. The van der Waals surface area contributed by atoms with E-state index >= 15 is 0 Å². The number of alkyl halides is 2. The van der Waals surface area contributed by atoms with Crippen molar-refractivity contribution in [3.05, 3.63) is 23.5 Å². The van der Waals surface area contributed by atoms with E-state index in [2.05, 4.69) is 36.8 Å². The van der Waals surface area contributed by atoms with E-state index in [1.807, 2.05) is 12.4 Å². The molecule has 0 aliphatic heterocycles. The number of anilines is 1. The van der Waals surface area contributed by atoms with Gasteiger partial charge in [-0.2, -0.15) is 0 Å². The summed E-state index contributed by atoms with van der Waals surface area (Å²) in [6.45, 7) is 0. The molecule has 0 saturated heterocycles. The molecule has 0 fully saturated rings. The maximum atomic E-state index is 6.09. The molecule has 0 radical (unpaired) electrons. The number of nitrogens with two attached hydrogens (primary N) is 1. The summed E-state index contributed by atoms with van der Waals surface area (Å²) in [7, 11) is 0. The summed E-state index contributed by atoms with van der Waals surface area (Å²) in [6, 6.07) is 0. The smallest absolute Gasteiger partial charge is 0.0410 e. The molecule has 1 heterocycles. The molecule has 2 nitrogen and oxygen atoms in total. The molecule has 0 saturated carbocycles. The molecule has 0 amide bonds. The Morgan fingerprint density at radius 1 is 1.00 bits per heavy atom. The third-order valence-electron chi connectivity index (χ3n) is 2.31. The van der Waals surface area contributed by atoms with Crippen LogP contribution in [0.3, 0.4) is 0 Å². The number of rotatable bonds is 6. The standard InChI is InChI=1S/C11H16Br2N2/c12-5-1-3-9-7-15-8-10(11(9)14)4-2-6-13/h7-8H,1-6H2,(H2,14,15). The molecule has 2 N–H and O–H groups in total. The van der Waals surface area contributed by atoms with Gasteiger partial charge in [0, 0.05) is 28.7 Å². The number of halogens is 2. The van der Waals surface area contributed by atoms with Crippen molar-refractivity contribution in [1.82, 2.24) is 4.98 Å². The first kappa shape index (κ1) is 13.0. The van der Waals surface area contributed by atoms with Crippen LogP contribution in [-0.2, 0) is 12.8 Å². The number of hydrogen-bond acceptors (Lipinski definition) is 2. The maximum Gasteiger partial charge on any atom is 0.0410 e. The number of aryl methyl sites for hydroxylation is 2. The Kier molecular flexibility index (Phi) is 6.25. The average molecular weight is 336 g/mol. The van der Waals surface area contributed by atoms with E-state index in [1.165, 1.54) is 11.1 Å². The molecule has 0 bridgehead atoms. The number of aromatic nitrogens is 1. The first-order chi connectivity index (χ1) is 7.29. The van der Waals surface area contributed by atoms with E-state index in [0.717, 1.165) is 42.0 Å². The van der Waals surface area contributed by atoms with Gasteiger partial charge >= 0.3 is 0 Å². The molecule has 15 heavy (non-hydrogen) atoms. The van der Waals surface area contributed by atoms with Crippen LogP contribution in [0.5, 0.6) is 0 Å². The lowest BCUT2D eigenvalue weighted by Crippen LogP contribution is -2.02. The van der Waals surface area contributed by atoms with Crippen LogP contribution >= 0.6 is 31.9 Å². The molecular formula is C11H16Br2N2. The molecule has 0 aromatic carbocycles. The van der Waals surface area contributed by atoms with Crippen LogP contribution in [0, 0.1) is 0 Å². The van der Waals surface area contributed by atoms with E-state index in [-0.39, 0.29) is 0 Å². The summed E-state index contributed by atoms with van der Waals surface area (Å²) in [5, 5.41) is 2.02. The van der Waals surface area contributed by atoms with Gasteiger partial charge in [0.1, 0.15) is 0 Å². The molecule has 0 aliphatic carbocycles. The molecule has 1 aromatic rings. The Morgan fingerprint density at radius 2 is 1.47 bits per heavy atom. The SMILES string of the molecule is Nc1c(CCCBr)cncc1CCCBr. The molecular weight excluding hydrogens is 320 g/mol. The topological polar surface area (TPSA) is 38.9 Å². The first-order valence-electron chi connectivity index (χ1n) is 5.12. The van der Waals surface area contributed by atoms with Crippen molar-refractivity contribution in [2.24, 2.45) is 0 Å². The minimum Gasteiger partial charge on any atom is -0.398 e. The Hall–Kier alpha value is -0.0900. The maximum absolute atomic E-state index is 6.09. The number of nitrogen functional groups attached to an aromatic ring is 1. The molecule has 0 unspecified atom stereocenters. The molecule has 0 atom stereocenters. The fraction of sp³-hybridized carbons (Fsp3) is 0.545. The van der Waals surface area contributed by atoms with Crippen molar-refractivity contribution >= 4 is 37.5 Å². The number of nitrogens with zero attached hydrogens (tertiary/aromatic N) is 1. The van der Waals surface area contributed by atoms with Crippen LogP contribution in [0.15, 0.2) is 12.4 Å². The highest BCUT2D eigenvalue weighted by Crippen LogP contribution is 2.19. The largest absolute Gasteiger partial charge is 0.398 e. The van der Waals surface area contributed by atoms with Crippen LogP contribution in [0.4, 0.5) is 5.69 Å². The fourth-order valence-electron chi connectivity index (χ4n) is 1.48. The molecule has 1 aromatic heterocycles. The van der Waals surface area contributed by atoms with Crippen LogP contribution in [0.2, 0.25) is 0 Å². The first-order valence-corrected chi connectivity index (χ1v) is 7.37. The Labute approximate surface area is 108 Å². The zero-order valence-electron chi connectivity index (χ0n) is 8.68. The van der Waals surface area contributed by atoms with Gasteiger partial charge in [-0.3, -0.25) is 4.98 Å². The van der Waals surface area contributed by atoms with E-state index in [4.69, 9.17) is 5.73 Å². The molecule has 0 aliphatic rings. The molecule has 84 valence electrons. The molecule has 4 heteroatoms. The number of pyridine rings is 1. The van der Waals surface area contributed by atoms with Crippen molar-refractivity contribution < 1.29 is 0 Å². The minimum absolute atomic E-state index is 0.937. The van der Waals surface area contributed by atoms with E-state index in [0.29, 0.717) is 0 Å². The zero-order valence-corrected chi connectivity index (χ0v) is 11.8. The fourth-order valence-corrected chi connectivity index (χ4v) is 2.04. The van der Waals surface area contributed by atoms with E-state index in [1.54, 1.807) is 0 Å². The highest BCUT2D eigenvalue weighted by molar-refractivity contribution is 9.09. The quantitative estimate of drug-likeness (QED) is 0.810. The second-order valence-corrected chi connectivity index (χ2v) is 5.04. The van der Waals surface area contributed by atoms with E-state index < -0.39 is 0 Å². The Balaban J connectivity index is 2.71. The normalized spacial score (nSPS) is 10.5. The summed E-state index contributed by atoms with van der Waals surface area (Å²) >= 11 is 6.85. The zero-order chi connectivity index (χ0) is 11.1. The lowest BCUT2D eigenvalue weighted by atomic mass is 10.0.